The van der Waals surface area contributed by atoms with Crippen LogP contribution in [0.1, 0.15) is 43.7 Å². The van der Waals surface area contributed by atoms with Crippen LogP contribution in [0.15, 0.2) is 24.4 Å². The average molecular weight is 500 g/mol. The number of aliphatic hydroxyl groups excluding tert-OH is 2. The monoisotopic (exact) mass is 499 g/mol. The number of ether oxygens (including phenoxy) is 2. The molecule has 0 radical (unpaired) electrons. The maximum Gasteiger partial charge on any atom is 0.222 e. The number of rotatable bonds is 12. The van der Waals surface area contributed by atoms with E-state index in [1.165, 1.54) is 0 Å². The van der Waals surface area contributed by atoms with Gasteiger partial charge in [0.15, 0.2) is 5.82 Å². The lowest BCUT2D eigenvalue weighted by molar-refractivity contribution is -0.0159. The third-order valence-corrected chi connectivity index (χ3v) is 6.51. The minimum atomic E-state index is -0.410. The maximum atomic E-state index is 10.2. The van der Waals surface area contributed by atoms with Crippen molar-refractivity contribution >= 4 is 22.8 Å². The molecule has 0 unspecified atom stereocenters. The Morgan fingerprint density at radius 2 is 2.17 bits per heavy atom. The molecule has 0 aliphatic carbocycles. The quantitative estimate of drug-likeness (QED) is 0.249. The van der Waals surface area contributed by atoms with E-state index < -0.39 is 6.10 Å². The van der Waals surface area contributed by atoms with Gasteiger partial charge in [0.25, 0.3) is 0 Å². The van der Waals surface area contributed by atoms with Crippen molar-refractivity contribution in [1.29, 1.82) is 0 Å². The first-order valence-corrected chi connectivity index (χ1v) is 12.5. The molecule has 196 valence electrons. The van der Waals surface area contributed by atoms with E-state index in [2.05, 4.69) is 38.7 Å². The lowest BCUT2D eigenvalue weighted by Gasteiger charge is -2.28. The zero-order valence-electron chi connectivity index (χ0n) is 21.0. The van der Waals surface area contributed by atoms with Crippen molar-refractivity contribution in [3.63, 3.8) is 0 Å². The Kier molecular flexibility index (Phi) is 8.92. The predicted molar refractivity (Wildman–Crippen MR) is 138 cm³/mol. The zero-order valence-corrected chi connectivity index (χ0v) is 21.0. The van der Waals surface area contributed by atoms with Crippen molar-refractivity contribution < 1.29 is 19.7 Å². The van der Waals surface area contributed by atoms with Crippen LogP contribution in [0.3, 0.4) is 0 Å². The number of nitrogens with one attached hydrogen (secondary N) is 2. The summed E-state index contributed by atoms with van der Waals surface area (Å²) in [5, 5.41) is 31.1. The Morgan fingerprint density at radius 3 is 2.92 bits per heavy atom. The van der Waals surface area contributed by atoms with E-state index in [1.54, 1.807) is 13.3 Å². The lowest BCUT2D eigenvalue weighted by atomic mass is 10.1. The fourth-order valence-corrected chi connectivity index (χ4v) is 4.62. The predicted octanol–water partition coefficient (Wildman–Crippen LogP) is 1.67. The van der Waals surface area contributed by atoms with Crippen LogP contribution in [0.2, 0.25) is 0 Å². The minimum Gasteiger partial charge on any atom is -0.496 e. The van der Waals surface area contributed by atoms with Gasteiger partial charge in [0.05, 0.1) is 38.6 Å². The first-order valence-electron chi connectivity index (χ1n) is 12.5. The summed E-state index contributed by atoms with van der Waals surface area (Å²) in [6, 6.07) is 5.99. The van der Waals surface area contributed by atoms with Crippen LogP contribution in [-0.2, 0) is 17.8 Å². The summed E-state index contributed by atoms with van der Waals surface area (Å²) in [5.41, 5.74) is 9.38. The van der Waals surface area contributed by atoms with Crippen LogP contribution >= 0.6 is 0 Å². The summed E-state index contributed by atoms with van der Waals surface area (Å²) in [6.45, 7) is 4.32. The smallest absolute Gasteiger partial charge is 0.222 e. The number of hydrogen-bond acceptors (Lipinski definition) is 10. The van der Waals surface area contributed by atoms with Crippen LogP contribution < -0.4 is 21.1 Å². The standard InChI is InChI=1S/C25H37N7O4/c1-3-4-18(7-9-33)29-24-23-19(30-25(26)31-24)13-28-32(23)14-17-11-16(5-6-22(17)35-2)12-27-20-15-36-10-8-21(20)34/h5-6,11,13,18,20-21,27,33-34H,3-4,7-10,12,14-15H2,1-2H3,(H3,26,29,30,31)/t18-,20+,21+/m0/s1. The topological polar surface area (TPSA) is 153 Å². The van der Waals surface area contributed by atoms with E-state index in [9.17, 15) is 10.2 Å². The molecule has 3 atom stereocenters. The summed E-state index contributed by atoms with van der Waals surface area (Å²) in [7, 11) is 1.65. The van der Waals surface area contributed by atoms with Crippen molar-refractivity contribution in [2.24, 2.45) is 0 Å². The van der Waals surface area contributed by atoms with Gasteiger partial charge in [-0.15, -0.1) is 0 Å². The van der Waals surface area contributed by atoms with E-state index in [4.69, 9.17) is 15.2 Å². The van der Waals surface area contributed by atoms with Crippen LogP contribution in [0.25, 0.3) is 11.0 Å². The molecule has 36 heavy (non-hydrogen) atoms. The molecule has 1 saturated heterocycles. The van der Waals surface area contributed by atoms with E-state index in [0.29, 0.717) is 50.5 Å². The summed E-state index contributed by atoms with van der Waals surface area (Å²) in [6.07, 6.45) is 4.39. The lowest BCUT2D eigenvalue weighted by Crippen LogP contribution is -2.46. The van der Waals surface area contributed by atoms with Gasteiger partial charge in [-0.25, -0.2) is 4.98 Å². The first-order chi connectivity index (χ1) is 17.5. The second-order valence-corrected chi connectivity index (χ2v) is 9.17. The van der Waals surface area contributed by atoms with Crippen molar-refractivity contribution in [3.8, 4) is 5.75 Å². The Hall–Kier alpha value is -2.99. The molecule has 0 amide bonds. The molecule has 6 N–H and O–H groups in total. The highest BCUT2D eigenvalue weighted by atomic mass is 16.5. The molecule has 2 aromatic heterocycles. The molecule has 4 rings (SSSR count). The molecular weight excluding hydrogens is 462 g/mol. The van der Waals surface area contributed by atoms with Gasteiger partial charge in [-0.05, 0) is 37.0 Å². The van der Waals surface area contributed by atoms with Crippen LogP contribution in [0.5, 0.6) is 5.75 Å². The maximum absolute atomic E-state index is 10.2. The second kappa shape index (κ2) is 12.3. The average Bonchev–Trinajstić information content (AvgIpc) is 3.26. The highest BCUT2D eigenvalue weighted by Crippen LogP contribution is 2.27. The Morgan fingerprint density at radius 1 is 1.31 bits per heavy atom. The second-order valence-electron chi connectivity index (χ2n) is 9.17. The third kappa shape index (κ3) is 6.22. The summed E-state index contributed by atoms with van der Waals surface area (Å²) in [4.78, 5) is 8.83. The van der Waals surface area contributed by atoms with Gasteiger partial charge in [-0.2, -0.15) is 10.1 Å². The van der Waals surface area contributed by atoms with Crippen LogP contribution in [-0.4, -0.2) is 75.1 Å². The van der Waals surface area contributed by atoms with Gasteiger partial charge in [0, 0.05) is 31.4 Å². The fraction of sp³-hybridized carbons (Fsp3) is 0.560. The molecule has 3 aromatic rings. The molecule has 11 nitrogen and oxygen atoms in total. The number of nitrogens with two attached hydrogens (primary N) is 1. The van der Waals surface area contributed by atoms with Crippen molar-refractivity contribution in [1.82, 2.24) is 25.1 Å². The number of benzene rings is 1. The van der Waals surface area contributed by atoms with E-state index >= 15 is 0 Å². The Labute approximate surface area is 211 Å². The molecule has 0 bridgehead atoms. The fourth-order valence-electron chi connectivity index (χ4n) is 4.62. The van der Waals surface area contributed by atoms with Crippen LogP contribution in [0.4, 0.5) is 11.8 Å². The number of anilines is 2. The third-order valence-electron chi connectivity index (χ3n) is 6.51. The van der Waals surface area contributed by atoms with Gasteiger partial charge in [-0.1, -0.05) is 19.4 Å². The van der Waals surface area contributed by atoms with Gasteiger partial charge >= 0.3 is 0 Å². The minimum absolute atomic E-state index is 0.0592. The molecular formula is C25H37N7O4. The summed E-state index contributed by atoms with van der Waals surface area (Å²) in [5.74, 6) is 1.52. The highest BCUT2D eigenvalue weighted by Gasteiger charge is 2.23. The molecule has 0 spiro atoms. The molecule has 3 heterocycles. The molecule has 1 fully saturated rings. The largest absolute Gasteiger partial charge is 0.496 e. The molecule has 0 saturated carbocycles. The van der Waals surface area contributed by atoms with Gasteiger partial charge in [0.2, 0.25) is 5.95 Å². The zero-order chi connectivity index (χ0) is 25.5. The van der Waals surface area contributed by atoms with Crippen molar-refractivity contribution in [3.05, 3.63) is 35.5 Å². The Bertz CT molecular complexity index is 1130. The van der Waals surface area contributed by atoms with Crippen molar-refractivity contribution in [2.75, 3.05) is 38.0 Å². The molecule has 11 heteroatoms. The number of aliphatic hydroxyl groups is 2. The van der Waals surface area contributed by atoms with Gasteiger partial charge in [0.1, 0.15) is 16.8 Å². The summed E-state index contributed by atoms with van der Waals surface area (Å²) < 4.78 is 13.0. The highest BCUT2D eigenvalue weighted by molar-refractivity contribution is 5.86. The molecule has 1 aliphatic rings. The number of methoxy groups -OCH3 is 1. The summed E-state index contributed by atoms with van der Waals surface area (Å²) >= 11 is 0. The normalized spacial score (nSPS) is 18.9. The number of hydrogen-bond donors (Lipinski definition) is 5. The van der Waals surface area contributed by atoms with E-state index in [0.717, 1.165) is 35.2 Å². The first kappa shape index (κ1) is 26.1. The van der Waals surface area contributed by atoms with E-state index in [-0.39, 0.29) is 24.6 Å². The van der Waals surface area contributed by atoms with E-state index in [1.807, 2.05) is 16.8 Å². The number of fused-ring (bicyclic) bond motifs is 1. The molecule has 1 aromatic carbocycles. The number of nitrogen functional groups attached to an aromatic ring is 1. The SMILES string of the molecule is CCC[C@@H](CCO)Nc1nc(N)nc2cnn(Cc3cc(CN[C@@H]4COCC[C@H]4O)ccc3OC)c12. The number of aromatic nitrogens is 4. The number of nitrogens with zero attached hydrogens (tertiary/aromatic N) is 4. The molecule has 1 aliphatic heterocycles. The van der Waals surface area contributed by atoms with Gasteiger partial charge in [-0.3, -0.25) is 4.68 Å². The van der Waals surface area contributed by atoms with Crippen molar-refractivity contribution in [2.45, 2.75) is 63.9 Å². The Balaban J connectivity index is 1.59. The van der Waals surface area contributed by atoms with Crippen LogP contribution in [0, 0.1) is 0 Å². The van der Waals surface area contributed by atoms with Gasteiger partial charge < -0.3 is 36.1 Å².